The predicted molar refractivity (Wildman–Crippen MR) is 53.1 cm³/mol. The van der Waals surface area contributed by atoms with Gasteiger partial charge in [0.1, 0.15) is 22.5 Å². The highest BCUT2D eigenvalue weighted by Gasteiger charge is 2.10. The third-order valence-electron chi connectivity index (χ3n) is 1.92. The first-order valence-electron chi connectivity index (χ1n) is 3.92. The van der Waals surface area contributed by atoms with Crippen LogP contribution in [0.3, 0.4) is 0 Å². The molecule has 0 spiro atoms. The van der Waals surface area contributed by atoms with Crippen molar-refractivity contribution in [2.45, 2.75) is 0 Å². The lowest BCUT2D eigenvalue weighted by molar-refractivity contribution is 0.420. The summed E-state index contributed by atoms with van der Waals surface area (Å²) >= 11 is 1.24. The van der Waals surface area contributed by atoms with Crippen molar-refractivity contribution in [1.29, 1.82) is 5.26 Å². The maximum absolute atomic E-state index is 13.3. The highest BCUT2D eigenvalue weighted by Crippen LogP contribution is 2.34. The summed E-state index contributed by atoms with van der Waals surface area (Å²) in [6, 6.07) is 6.44. The number of rotatable bonds is 1. The fourth-order valence-electron chi connectivity index (χ4n) is 1.28. The molecule has 1 aromatic carbocycles. The topological polar surface area (TPSA) is 33.0 Å². The van der Waals surface area contributed by atoms with Gasteiger partial charge in [0.2, 0.25) is 0 Å². The number of fused-ring (bicyclic) bond motifs is 1. The lowest BCUT2D eigenvalue weighted by atomic mass is 10.2. The largest absolute Gasteiger partial charge is 0.495 e. The monoisotopic (exact) mass is 207 g/mol. The Kier molecular flexibility index (Phi) is 2.10. The van der Waals surface area contributed by atoms with E-state index in [0.29, 0.717) is 20.7 Å². The van der Waals surface area contributed by atoms with Gasteiger partial charge in [-0.05, 0) is 18.2 Å². The normalized spacial score (nSPS) is 10.1. The van der Waals surface area contributed by atoms with Crippen molar-refractivity contribution >= 4 is 21.4 Å². The van der Waals surface area contributed by atoms with E-state index in [4.69, 9.17) is 10.00 Å². The van der Waals surface area contributed by atoms with Crippen molar-refractivity contribution in [3.63, 3.8) is 0 Å². The minimum absolute atomic E-state index is 0.321. The number of nitriles is 1. The standard InChI is InChI=1S/C10H6FNOS/c1-13-9-3-2-8(11)7-4-6(5-12)14-10(7)9/h2-4H,1H3. The van der Waals surface area contributed by atoms with E-state index in [1.165, 1.54) is 30.6 Å². The van der Waals surface area contributed by atoms with E-state index in [9.17, 15) is 4.39 Å². The molecule has 0 N–H and O–H groups in total. The van der Waals surface area contributed by atoms with Gasteiger partial charge in [0.15, 0.2) is 0 Å². The van der Waals surface area contributed by atoms with Crippen LogP contribution in [0.1, 0.15) is 4.88 Å². The van der Waals surface area contributed by atoms with Crippen LogP contribution in [-0.4, -0.2) is 7.11 Å². The number of methoxy groups -OCH3 is 1. The average molecular weight is 207 g/mol. The van der Waals surface area contributed by atoms with Crippen LogP contribution in [0.4, 0.5) is 4.39 Å². The Morgan fingerprint density at radius 1 is 1.50 bits per heavy atom. The van der Waals surface area contributed by atoms with Crippen molar-refractivity contribution in [2.75, 3.05) is 7.11 Å². The third-order valence-corrected chi connectivity index (χ3v) is 2.98. The van der Waals surface area contributed by atoms with Gasteiger partial charge in [-0.1, -0.05) is 0 Å². The summed E-state index contributed by atoms with van der Waals surface area (Å²) in [7, 11) is 1.53. The number of hydrogen-bond acceptors (Lipinski definition) is 3. The van der Waals surface area contributed by atoms with Gasteiger partial charge in [0.25, 0.3) is 0 Å². The molecule has 0 atom stereocenters. The highest BCUT2D eigenvalue weighted by atomic mass is 32.1. The average Bonchev–Trinajstić information content (AvgIpc) is 2.63. The zero-order valence-electron chi connectivity index (χ0n) is 7.37. The Morgan fingerprint density at radius 3 is 2.93 bits per heavy atom. The summed E-state index contributed by atoms with van der Waals surface area (Å²) in [5.74, 6) is 0.284. The maximum Gasteiger partial charge on any atom is 0.136 e. The number of nitrogens with zero attached hydrogens (tertiary/aromatic N) is 1. The molecule has 14 heavy (non-hydrogen) atoms. The first kappa shape index (κ1) is 8.97. The summed E-state index contributed by atoms with van der Waals surface area (Å²) < 4.78 is 19.1. The molecule has 0 radical (unpaired) electrons. The summed E-state index contributed by atoms with van der Waals surface area (Å²) in [4.78, 5) is 0.489. The van der Waals surface area contributed by atoms with Crippen LogP contribution in [0.5, 0.6) is 5.75 Å². The number of hydrogen-bond donors (Lipinski definition) is 0. The Bertz CT molecular complexity index is 527. The molecule has 1 heterocycles. The maximum atomic E-state index is 13.3. The molecule has 1 aromatic heterocycles. The van der Waals surface area contributed by atoms with Gasteiger partial charge in [-0.2, -0.15) is 5.26 Å². The second kappa shape index (κ2) is 3.28. The van der Waals surface area contributed by atoms with E-state index >= 15 is 0 Å². The van der Waals surface area contributed by atoms with Crippen LogP contribution in [0.2, 0.25) is 0 Å². The molecular weight excluding hydrogens is 201 g/mol. The van der Waals surface area contributed by atoms with Crippen LogP contribution in [-0.2, 0) is 0 Å². The molecule has 0 aliphatic heterocycles. The van der Waals surface area contributed by atoms with Gasteiger partial charge >= 0.3 is 0 Å². The number of thiophene rings is 1. The molecule has 0 aliphatic rings. The second-order valence-corrected chi connectivity index (χ2v) is 3.77. The minimum atomic E-state index is -0.321. The zero-order valence-corrected chi connectivity index (χ0v) is 8.19. The van der Waals surface area contributed by atoms with E-state index in [2.05, 4.69) is 0 Å². The van der Waals surface area contributed by atoms with E-state index in [-0.39, 0.29) is 5.82 Å². The van der Waals surface area contributed by atoms with E-state index in [1.54, 1.807) is 6.07 Å². The van der Waals surface area contributed by atoms with Crippen LogP contribution >= 0.6 is 11.3 Å². The van der Waals surface area contributed by atoms with Crippen molar-refractivity contribution in [3.05, 3.63) is 28.9 Å². The number of ether oxygens (including phenoxy) is 1. The van der Waals surface area contributed by atoms with Gasteiger partial charge in [-0.3, -0.25) is 0 Å². The van der Waals surface area contributed by atoms with Gasteiger partial charge in [0.05, 0.1) is 11.8 Å². The van der Waals surface area contributed by atoms with Gasteiger partial charge in [-0.15, -0.1) is 11.3 Å². The Balaban J connectivity index is 2.83. The lowest BCUT2D eigenvalue weighted by Crippen LogP contribution is -1.83. The fourth-order valence-corrected chi connectivity index (χ4v) is 2.24. The molecule has 70 valence electrons. The molecular formula is C10H6FNOS. The van der Waals surface area contributed by atoms with Gasteiger partial charge in [0, 0.05) is 5.39 Å². The van der Waals surface area contributed by atoms with E-state index in [0.717, 1.165) is 0 Å². The van der Waals surface area contributed by atoms with Crippen LogP contribution in [0, 0.1) is 17.1 Å². The Hall–Kier alpha value is -1.60. The zero-order chi connectivity index (χ0) is 10.1. The Labute approximate surface area is 84.2 Å². The summed E-state index contributed by atoms with van der Waals surface area (Å²) in [6.45, 7) is 0. The molecule has 0 aliphatic carbocycles. The molecule has 2 aromatic rings. The van der Waals surface area contributed by atoms with Crippen molar-refractivity contribution in [3.8, 4) is 11.8 Å². The highest BCUT2D eigenvalue weighted by molar-refractivity contribution is 7.19. The fraction of sp³-hybridized carbons (Fsp3) is 0.100. The molecule has 0 bridgehead atoms. The molecule has 0 saturated carbocycles. The smallest absolute Gasteiger partial charge is 0.136 e. The van der Waals surface area contributed by atoms with Gasteiger partial charge in [-0.25, -0.2) is 4.39 Å². The summed E-state index contributed by atoms with van der Waals surface area (Å²) in [6.07, 6.45) is 0. The molecule has 4 heteroatoms. The molecule has 0 fully saturated rings. The molecule has 2 rings (SSSR count). The first-order valence-corrected chi connectivity index (χ1v) is 4.74. The quantitative estimate of drug-likeness (QED) is 0.720. The predicted octanol–water partition coefficient (Wildman–Crippen LogP) is 2.92. The summed E-state index contributed by atoms with van der Waals surface area (Å²) in [5.41, 5.74) is 0. The Morgan fingerprint density at radius 2 is 2.29 bits per heavy atom. The first-order chi connectivity index (χ1) is 6.76. The van der Waals surface area contributed by atoms with Crippen LogP contribution in [0.25, 0.3) is 10.1 Å². The molecule has 2 nitrogen and oxygen atoms in total. The molecule has 0 saturated heterocycles. The molecule has 0 amide bonds. The van der Waals surface area contributed by atoms with Crippen molar-refractivity contribution in [1.82, 2.24) is 0 Å². The van der Waals surface area contributed by atoms with Gasteiger partial charge < -0.3 is 4.74 Å². The minimum Gasteiger partial charge on any atom is -0.495 e. The van der Waals surface area contributed by atoms with Crippen molar-refractivity contribution < 1.29 is 9.13 Å². The molecule has 0 unspecified atom stereocenters. The third kappa shape index (κ3) is 1.22. The number of halogens is 1. The van der Waals surface area contributed by atoms with Crippen LogP contribution < -0.4 is 4.74 Å². The van der Waals surface area contributed by atoms with Crippen LogP contribution in [0.15, 0.2) is 18.2 Å². The second-order valence-electron chi connectivity index (χ2n) is 2.71. The van der Waals surface area contributed by atoms with E-state index < -0.39 is 0 Å². The number of benzene rings is 1. The van der Waals surface area contributed by atoms with Crippen molar-refractivity contribution in [2.24, 2.45) is 0 Å². The SMILES string of the molecule is COc1ccc(F)c2cc(C#N)sc12. The van der Waals surface area contributed by atoms with E-state index in [1.807, 2.05) is 6.07 Å². The summed E-state index contributed by atoms with van der Waals surface area (Å²) in [5, 5.41) is 9.14. The lowest BCUT2D eigenvalue weighted by Gasteiger charge is -2.00.